The highest BCUT2D eigenvalue weighted by Crippen LogP contribution is 2.23. The van der Waals surface area contributed by atoms with Crippen molar-refractivity contribution in [3.05, 3.63) is 12.4 Å². The molecule has 1 unspecified atom stereocenters. The molecule has 1 N–H and O–H groups in total. The third kappa shape index (κ3) is 2.90. The molecule has 18 heavy (non-hydrogen) atoms. The third-order valence-electron chi connectivity index (χ3n) is 3.60. The average Bonchev–Trinajstić information content (AvgIpc) is 2.46. The van der Waals surface area contributed by atoms with Crippen molar-refractivity contribution < 1.29 is 5.11 Å². The van der Waals surface area contributed by atoms with Gasteiger partial charge < -0.3 is 14.9 Å². The van der Waals surface area contributed by atoms with Gasteiger partial charge in [-0.3, -0.25) is 0 Å². The van der Waals surface area contributed by atoms with Crippen molar-refractivity contribution in [2.45, 2.75) is 19.8 Å². The molecule has 1 atom stereocenters. The quantitative estimate of drug-likeness (QED) is 0.868. The highest BCUT2D eigenvalue weighted by Gasteiger charge is 2.20. The van der Waals surface area contributed by atoms with E-state index in [9.17, 15) is 5.11 Å². The first kappa shape index (κ1) is 13.1. The second-order valence-electron chi connectivity index (χ2n) is 4.89. The van der Waals surface area contributed by atoms with Crippen LogP contribution in [0.15, 0.2) is 12.4 Å². The first-order chi connectivity index (χ1) is 8.74. The predicted molar refractivity (Wildman–Crippen MR) is 73.0 cm³/mol. The molecule has 100 valence electrons. The van der Waals surface area contributed by atoms with Crippen molar-refractivity contribution in [3.63, 3.8) is 0 Å². The lowest BCUT2D eigenvalue weighted by Crippen LogP contribution is -2.37. The zero-order chi connectivity index (χ0) is 13.0. The van der Waals surface area contributed by atoms with Gasteiger partial charge in [0.2, 0.25) is 0 Å². The fourth-order valence-corrected chi connectivity index (χ4v) is 2.30. The molecule has 0 saturated carbocycles. The van der Waals surface area contributed by atoms with Gasteiger partial charge in [0.05, 0.1) is 0 Å². The molecule has 2 rings (SSSR count). The molecule has 1 aliphatic rings. The topological polar surface area (TPSA) is 52.5 Å². The molecular weight excluding hydrogens is 228 g/mol. The summed E-state index contributed by atoms with van der Waals surface area (Å²) < 4.78 is 0. The number of aromatic nitrogens is 2. The summed E-state index contributed by atoms with van der Waals surface area (Å²) in [5, 5.41) is 9.27. The lowest BCUT2D eigenvalue weighted by molar-refractivity contribution is 0.208. The molecule has 2 heterocycles. The number of aliphatic hydroxyl groups is 1. The van der Waals surface area contributed by atoms with Crippen LogP contribution in [0.25, 0.3) is 0 Å². The maximum Gasteiger partial charge on any atom is 0.134 e. The summed E-state index contributed by atoms with van der Waals surface area (Å²) in [6.45, 7) is 5.20. The Bertz CT molecular complexity index is 385. The van der Waals surface area contributed by atoms with Crippen molar-refractivity contribution in [2.75, 3.05) is 43.1 Å². The van der Waals surface area contributed by atoms with Crippen LogP contribution in [0.5, 0.6) is 0 Å². The Hall–Kier alpha value is -1.36. The molecule has 1 fully saturated rings. The lowest BCUT2D eigenvalue weighted by atomic mass is 9.99. The van der Waals surface area contributed by atoms with E-state index >= 15 is 0 Å². The van der Waals surface area contributed by atoms with E-state index in [1.165, 1.54) is 0 Å². The van der Waals surface area contributed by atoms with Crippen LogP contribution in [0.2, 0.25) is 0 Å². The van der Waals surface area contributed by atoms with Crippen LogP contribution in [0.1, 0.15) is 19.8 Å². The van der Waals surface area contributed by atoms with E-state index in [1.807, 2.05) is 13.1 Å². The molecule has 5 nitrogen and oxygen atoms in total. The molecule has 0 bridgehead atoms. The number of nitrogens with zero attached hydrogens (tertiary/aromatic N) is 4. The molecule has 0 amide bonds. The number of piperidine rings is 1. The summed E-state index contributed by atoms with van der Waals surface area (Å²) in [7, 11) is 2.03. The van der Waals surface area contributed by atoms with Crippen molar-refractivity contribution in [1.29, 1.82) is 0 Å². The van der Waals surface area contributed by atoms with E-state index in [4.69, 9.17) is 0 Å². The summed E-state index contributed by atoms with van der Waals surface area (Å²) in [6, 6.07) is 2.03. The van der Waals surface area contributed by atoms with Crippen LogP contribution in [0.3, 0.4) is 0 Å². The summed E-state index contributed by atoms with van der Waals surface area (Å²) in [5.74, 6) is 2.30. The molecule has 5 heteroatoms. The fraction of sp³-hybridized carbons (Fsp3) is 0.692. The second kappa shape index (κ2) is 6.00. The first-order valence-corrected chi connectivity index (χ1v) is 6.63. The molecular formula is C13H22N4O. The zero-order valence-corrected chi connectivity index (χ0v) is 11.2. The summed E-state index contributed by atoms with van der Waals surface area (Å²) in [6.07, 6.45) is 3.85. The Kier molecular flexibility index (Phi) is 4.36. The standard InChI is InChI=1S/C13H22N4O/c1-3-16(2)12-7-13(15-10-14-12)17-6-4-5-11(8-17)9-18/h7,10-11,18H,3-6,8-9H2,1-2H3. The fourth-order valence-electron chi connectivity index (χ4n) is 2.30. The number of anilines is 2. The van der Waals surface area contributed by atoms with Crippen LogP contribution in [0.4, 0.5) is 11.6 Å². The van der Waals surface area contributed by atoms with E-state index in [2.05, 4.69) is 26.7 Å². The largest absolute Gasteiger partial charge is 0.396 e. The van der Waals surface area contributed by atoms with Crippen LogP contribution >= 0.6 is 0 Å². The molecule has 1 saturated heterocycles. The Morgan fingerprint density at radius 3 is 3.06 bits per heavy atom. The predicted octanol–water partition coefficient (Wildman–Crippen LogP) is 1.14. The molecule has 0 aromatic carbocycles. The molecule has 0 aliphatic carbocycles. The van der Waals surface area contributed by atoms with Crippen LogP contribution < -0.4 is 9.80 Å². The summed E-state index contributed by atoms with van der Waals surface area (Å²) in [5.41, 5.74) is 0. The Morgan fingerprint density at radius 2 is 2.33 bits per heavy atom. The van der Waals surface area contributed by atoms with E-state index in [0.717, 1.165) is 44.1 Å². The Labute approximate surface area is 108 Å². The van der Waals surface area contributed by atoms with Crippen LogP contribution in [-0.2, 0) is 0 Å². The minimum Gasteiger partial charge on any atom is -0.396 e. The van der Waals surface area contributed by atoms with Gasteiger partial charge in [-0.1, -0.05) is 0 Å². The summed E-state index contributed by atoms with van der Waals surface area (Å²) in [4.78, 5) is 13.0. The van der Waals surface area contributed by atoms with Gasteiger partial charge in [0, 0.05) is 39.4 Å². The normalized spacial score (nSPS) is 19.9. The SMILES string of the molecule is CCN(C)c1cc(N2CCCC(CO)C2)ncn1. The van der Waals surface area contributed by atoms with Gasteiger partial charge in [-0.15, -0.1) is 0 Å². The molecule has 1 aromatic rings. The second-order valence-corrected chi connectivity index (χ2v) is 4.89. The van der Waals surface area contributed by atoms with E-state index < -0.39 is 0 Å². The van der Waals surface area contributed by atoms with Crippen LogP contribution in [0, 0.1) is 5.92 Å². The molecule has 1 aliphatic heterocycles. The summed E-state index contributed by atoms with van der Waals surface area (Å²) >= 11 is 0. The van der Waals surface area contributed by atoms with Gasteiger partial charge in [0.15, 0.2) is 0 Å². The van der Waals surface area contributed by atoms with Crippen LogP contribution in [-0.4, -0.2) is 48.4 Å². The molecule has 0 spiro atoms. The van der Waals surface area contributed by atoms with E-state index in [0.29, 0.717) is 5.92 Å². The average molecular weight is 250 g/mol. The van der Waals surface area contributed by atoms with Gasteiger partial charge in [-0.05, 0) is 25.7 Å². The minimum atomic E-state index is 0.267. The van der Waals surface area contributed by atoms with Crippen molar-refractivity contribution >= 4 is 11.6 Å². The monoisotopic (exact) mass is 250 g/mol. The smallest absolute Gasteiger partial charge is 0.134 e. The highest BCUT2D eigenvalue weighted by molar-refractivity contribution is 5.49. The highest BCUT2D eigenvalue weighted by atomic mass is 16.3. The number of hydrogen-bond acceptors (Lipinski definition) is 5. The van der Waals surface area contributed by atoms with Gasteiger partial charge in [0.1, 0.15) is 18.0 Å². The molecule has 1 aromatic heterocycles. The Morgan fingerprint density at radius 1 is 1.50 bits per heavy atom. The van der Waals surface area contributed by atoms with Crippen molar-refractivity contribution in [2.24, 2.45) is 5.92 Å². The zero-order valence-electron chi connectivity index (χ0n) is 11.2. The van der Waals surface area contributed by atoms with E-state index in [-0.39, 0.29) is 6.61 Å². The lowest BCUT2D eigenvalue weighted by Gasteiger charge is -2.33. The van der Waals surface area contributed by atoms with Crippen molar-refractivity contribution in [3.8, 4) is 0 Å². The van der Waals surface area contributed by atoms with Gasteiger partial charge in [-0.2, -0.15) is 0 Å². The Balaban J connectivity index is 2.12. The van der Waals surface area contributed by atoms with Gasteiger partial charge in [-0.25, -0.2) is 9.97 Å². The maximum atomic E-state index is 9.27. The van der Waals surface area contributed by atoms with Gasteiger partial charge >= 0.3 is 0 Å². The number of rotatable bonds is 4. The number of hydrogen-bond donors (Lipinski definition) is 1. The van der Waals surface area contributed by atoms with Gasteiger partial charge in [0.25, 0.3) is 0 Å². The van der Waals surface area contributed by atoms with Crippen molar-refractivity contribution in [1.82, 2.24) is 9.97 Å². The van der Waals surface area contributed by atoms with E-state index in [1.54, 1.807) is 6.33 Å². The first-order valence-electron chi connectivity index (χ1n) is 6.63. The number of aliphatic hydroxyl groups excluding tert-OH is 1. The minimum absolute atomic E-state index is 0.267. The molecule has 0 radical (unpaired) electrons. The third-order valence-corrected chi connectivity index (χ3v) is 3.60. The maximum absolute atomic E-state index is 9.27.